The van der Waals surface area contributed by atoms with E-state index < -0.39 is 6.43 Å². The van der Waals surface area contributed by atoms with Crippen molar-refractivity contribution >= 4 is 22.3 Å². The topological polar surface area (TPSA) is 54.2 Å². The molecule has 0 bridgehead atoms. The average molecular weight is 292 g/mol. The largest absolute Gasteiger partial charge is 0.372 e. The van der Waals surface area contributed by atoms with Gasteiger partial charge in [-0.1, -0.05) is 0 Å². The molecule has 1 aromatic heterocycles. The molecule has 0 amide bonds. The van der Waals surface area contributed by atoms with Crippen molar-refractivity contribution < 1.29 is 8.78 Å². The smallest absolute Gasteiger partial charge is 0.280 e. The average Bonchev–Trinajstić information content (AvgIpc) is 2.54. The molecule has 6 heteroatoms. The molecule has 0 radical (unpaired) electrons. The van der Waals surface area contributed by atoms with Gasteiger partial charge in [-0.15, -0.1) is 0 Å². The van der Waals surface area contributed by atoms with Gasteiger partial charge < -0.3 is 10.3 Å². The Kier molecular flexibility index (Phi) is 3.88. The molecule has 0 saturated carbocycles. The normalized spacial score (nSPS) is 15.7. The summed E-state index contributed by atoms with van der Waals surface area (Å²) < 4.78 is 25.7. The first-order chi connectivity index (χ1) is 10.2. The van der Waals surface area contributed by atoms with Gasteiger partial charge in [0.1, 0.15) is 5.69 Å². The molecule has 2 aromatic rings. The fourth-order valence-corrected chi connectivity index (χ4v) is 2.81. The number of halogens is 2. The van der Waals surface area contributed by atoms with Crippen LogP contribution < -0.4 is 16.2 Å². The number of benzene rings is 1. The standard InChI is InChI=1S/C15H18F2N4/c16-15(17)14-9-13(20-18)11-8-10(4-5-12(11)19-14)21-6-2-1-3-7-21/h4-5,8-9,15H,1-3,6-7,18H2,(H,19,20). The van der Waals surface area contributed by atoms with Crippen LogP contribution in [-0.4, -0.2) is 18.1 Å². The molecule has 1 aliphatic heterocycles. The Morgan fingerprint density at radius 2 is 1.90 bits per heavy atom. The SMILES string of the molecule is NNc1cc(C(F)F)nc2ccc(N3CCCCC3)cc12. The van der Waals surface area contributed by atoms with Crippen molar-refractivity contribution in [2.45, 2.75) is 25.7 Å². The number of anilines is 2. The lowest BCUT2D eigenvalue weighted by Crippen LogP contribution is -2.29. The Labute approximate surface area is 121 Å². The first kappa shape index (κ1) is 14.0. The number of pyridine rings is 1. The van der Waals surface area contributed by atoms with Crippen molar-refractivity contribution in [1.82, 2.24) is 4.98 Å². The summed E-state index contributed by atoms with van der Waals surface area (Å²) in [5.41, 5.74) is 4.34. The number of rotatable bonds is 3. The van der Waals surface area contributed by atoms with E-state index in [1.165, 1.54) is 25.3 Å². The second-order valence-electron chi connectivity index (χ2n) is 5.29. The Balaban J connectivity index is 2.05. The maximum Gasteiger partial charge on any atom is 0.280 e. The molecular formula is C15H18F2N4. The molecule has 21 heavy (non-hydrogen) atoms. The van der Waals surface area contributed by atoms with Gasteiger partial charge in [0.25, 0.3) is 6.43 Å². The van der Waals surface area contributed by atoms with Crippen LogP contribution in [0.2, 0.25) is 0 Å². The van der Waals surface area contributed by atoms with Gasteiger partial charge in [0.2, 0.25) is 0 Å². The number of nitrogens with zero attached hydrogens (tertiary/aromatic N) is 2. The van der Waals surface area contributed by atoms with E-state index in [4.69, 9.17) is 5.84 Å². The summed E-state index contributed by atoms with van der Waals surface area (Å²) in [6, 6.07) is 7.01. The van der Waals surface area contributed by atoms with Crippen molar-refractivity contribution in [2.24, 2.45) is 5.84 Å². The van der Waals surface area contributed by atoms with Gasteiger partial charge in [-0.3, -0.25) is 5.84 Å². The number of hydrazine groups is 1. The molecular weight excluding hydrogens is 274 g/mol. The molecule has 0 aliphatic carbocycles. The molecule has 2 heterocycles. The second-order valence-corrected chi connectivity index (χ2v) is 5.29. The maximum absolute atomic E-state index is 12.8. The Morgan fingerprint density at radius 3 is 2.57 bits per heavy atom. The summed E-state index contributed by atoms with van der Waals surface area (Å²) in [6.45, 7) is 2.05. The zero-order chi connectivity index (χ0) is 14.8. The van der Waals surface area contributed by atoms with Crippen LogP contribution in [-0.2, 0) is 0 Å². The van der Waals surface area contributed by atoms with Crippen molar-refractivity contribution in [3.63, 3.8) is 0 Å². The van der Waals surface area contributed by atoms with Crippen LogP contribution in [0.15, 0.2) is 24.3 Å². The highest BCUT2D eigenvalue weighted by atomic mass is 19.3. The highest BCUT2D eigenvalue weighted by molar-refractivity contribution is 5.93. The molecule has 1 aliphatic rings. The Hall–Kier alpha value is -1.95. The summed E-state index contributed by atoms with van der Waals surface area (Å²) in [6.07, 6.45) is 1.02. The van der Waals surface area contributed by atoms with E-state index in [-0.39, 0.29) is 5.69 Å². The summed E-state index contributed by atoms with van der Waals surface area (Å²) in [5.74, 6) is 5.48. The molecule has 3 rings (SSSR count). The summed E-state index contributed by atoms with van der Waals surface area (Å²) in [4.78, 5) is 6.32. The van der Waals surface area contributed by atoms with Crippen LogP contribution >= 0.6 is 0 Å². The minimum absolute atomic E-state index is 0.263. The van der Waals surface area contributed by atoms with Crippen molar-refractivity contribution in [3.8, 4) is 0 Å². The zero-order valence-corrected chi connectivity index (χ0v) is 11.6. The highest BCUT2D eigenvalue weighted by Gasteiger charge is 2.15. The van der Waals surface area contributed by atoms with Gasteiger partial charge in [0.15, 0.2) is 0 Å². The van der Waals surface area contributed by atoms with E-state index >= 15 is 0 Å². The Bertz CT molecular complexity index is 639. The number of nitrogens with two attached hydrogens (primary N) is 1. The number of alkyl halides is 2. The van der Waals surface area contributed by atoms with E-state index in [1.54, 1.807) is 6.07 Å². The number of hydrogen-bond acceptors (Lipinski definition) is 4. The van der Waals surface area contributed by atoms with E-state index in [0.29, 0.717) is 11.2 Å². The monoisotopic (exact) mass is 292 g/mol. The quantitative estimate of drug-likeness (QED) is 0.672. The molecule has 1 aromatic carbocycles. The van der Waals surface area contributed by atoms with Crippen molar-refractivity contribution in [1.29, 1.82) is 0 Å². The van der Waals surface area contributed by atoms with E-state index in [9.17, 15) is 8.78 Å². The number of nitrogen functional groups attached to an aromatic ring is 1. The predicted molar refractivity (Wildman–Crippen MR) is 80.6 cm³/mol. The van der Waals surface area contributed by atoms with Crippen molar-refractivity contribution in [3.05, 3.63) is 30.0 Å². The minimum Gasteiger partial charge on any atom is -0.372 e. The number of fused-ring (bicyclic) bond motifs is 1. The molecule has 1 saturated heterocycles. The zero-order valence-electron chi connectivity index (χ0n) is 11.6. The van der Waals surface area contributed by atoms with E-state index in [1.807, 2.05) is 12.1 Å². The van der Waals surface area contributed by atoms with Gasteiger partial charge in [0.05, 0.1) is 11.2 Å². The van der Waals surface area contributed by atoms with Gasteiger partial charge in [-0.2, -0.15) is 0 Å². The minimum atomic E-state index is -2.61. The lowest BCUT2D eigenvalue weighted by molar-refractivity contribution is 0.146. The number of nitrogens with one attached hydrogen (secondary N) is 1. The fourth-order valence-electron chi connectivity index (χ4n) is 2.81. The predicted octanol–water partition coefficient (Wildman–Crippen LogP) is 3.45. The first-order valence-electron chi connectivity index (χ1n) is 7.13. The number of piperidine rings is 1. The van der Waals surface area contributed by atoms with Gasteiger partial charge in [-0.05, 0) is 43.5 Å². The summed E-state index contributed by atoms with van der Waals surface area (Å²) in [7, 11) is 0. The third-order valence-corrected chi connectivity index (χ3v) is 3.91. The summed E-state index contributed by atoms with van der Waals surface area (Å²) in [5, 5.41) is 0.768. The summed E-state index contributed by atoms with van der Waals surface area (Å²) >= 11 is 0. The van der Waals surface area contributed by atoms with Gasteiger partial charge >= 0.3 is 0 Å². The third-order valence-electron chi connectivity index (χ3n) is 3.91. The van der Waals surface area contributed by atoms with Gasteiger partial charge in [0, 0.05) is 24.2 Å². The van der Waals surface area contributed by atoms with Crippen LogP contribution in [0.1, 0.15) is 31.4 Å². The van der Waals surface area contributed by atoms with Crippen LogP contribution in [0.25, 0.3) is 10.9 Å². The number of aromatic nitrogens is 1. The van der Waals surface area contributed by atoms with Crippen LogP contribution in [0.5, 0.6) is 0 Å². The third kappa shape index (κ3) is 2.76. The first-order valence-corrected chi connectivity index (χ1v) is 7.13. The van der Waals surface area contributed by atoms with Crippen LogP contribution in [0.3, 0.4) is 0 Å². The Morgan fingerprint density at radius 1 is 1.14 bits per heavy atom. The molecule has 4 nitrogen and oxygen atoms in total. The molecule has 1 fully saturated rings. The molecule has 0 atom stereocenters. The molecule has 0 spiro atoms. The highest BCUT2D eigenvalue weighted by Crippen LogP contribution is 2.31. The van der Waals surface area contributed by atoms with Gasteiger partial charge in [-0.25, -0.2) is 13.8 Å². The lowest BCUT2D eigenvalue weighted by atomic mass is 10.1. The van der Waals surface area contributed by atoms with Crippen LogP contribution in [0.4, 0.5) is 20.2 Å². The molecule has 0 unspecified atom stereocenters. The molecule has 3 N–H and O–H groups in total. The van der Waals surface area contributed by atoms with E-state index in [2.05, 4.69) is 15.3 Å². The van der Waals surface area contributed by atoms with E-state index in [0.717, 1.165) is 24.2 Å². The fraction of sp³-hybridized carbons (Fsp3) is 0.400. The van der Waals surface area contributed by atoms with Crippen LogP contribution in [0, 0.1) is 0 Å². The second kappa shape index (κ2) is 5.81. The number of hydrogen-bond donors (Lipinski definition) is 2. The maximum atomic E-state index is 12.8. The molecule has 112 valence electrons. The lowest BCUT2D eigenvalue weighted by Gasteiger charge is -2.29. The van der Waals surface area contributed by atoms with Crippen molar-refractivity contribution in [2.75, 3.05) is 23.4 Å².